The van der Waals surface area contributed by atoms with E-state index in [-0.39, 0.29) is 11.7 Å². The molecular weight excluding hydrogens is 291 g/mol. The van der Waals surface area contributed by atoms with Gasteiger partial charge in [0.2, 0.25) is 5.91 Å². The molecule has 0 aliphatic heterocycles. The fraction of sp³-hybridized carbons (Fsp3) is 0.158. The molecule has 0 fully saturated rings. The average Bonchev–Trinajstić information content (AvgIpc) is 2.57. The first-order valence-electron chi connectivity index (χ1n) is 7.56. The van der Waals surface area contributed by atoms with E-state index in [0.29, 0.717) is 19.4 Å². The van der Waals surface area contributed by atoms with Crippen molar-refractivity contribution in [1.29, 1.82) is 0 Å². The third kappa shape index (κ3) is 3.92. The summed E-state index contributed by atoms with van der Waals surface area (Å²) in [7, 11) is 0. The van der Waals surface area contributed by atoms with E-state index in [4.69, 9.17) is 0 Å². The average molecular weight is 308 g/mol. The van der Waals surface area contributed by atoms with Gasteiger partial charge in [-0.1, -0.05) is 36.4 Å². The highest BCUT2D eigenvalue weighted by Gasteiger charge is 2.07. The molecule has 0 radical (unpaired) electrons. The van der Waals surface area contributed by atoms with Crippen LogP contribution in [0, 0.1) is 5.82 Å². The van der Waals surface area contributed by atoms with E-state index in [1.54, 1.807) is 18.3 Å². The number of fused-ring (bicyclic) bond motifs is 1. The van der Waals surface area contributed by atoms with E-state index in [0.717, 1.165) is 22.0 Å². The lowest BCUT2D eigenvalue weighted by Gasteiger charge is -2.07. The molecule has 3 nitrogen and oxygen atoms in total. The zero-order valence-electron chi connectivity index (χ0n) is 12.6. The molecule has 2 aromatic carbocycles. The first-order valence-corrected chi connectivity index (χ1v) is 7.56. The van der Waals surface area contributed by atoms with Gasteiger partial charge in [-0.3, -0.25) is 9.78 Å². The Morgan fingerprint density at radius 1 is 1.04 bits per heavy atom. The molecule has 0 saturated carbocycles. The molecule has 4 heteroatoms. The number of nitrogens with zero attached hydrogens (tertiary/aromatic N) is 1. The van der Waals surface area contributed by atoms with Crippen molar-refractivity contribution in [3.63, 3.8) is 0 Å². The molecule has 0 spiro atoms. The number of hydrogen-bond donors (Lipinski definition) is 1. The van der Waals surface area contributed by atoms with Gasteiger partial charge in [-0.2, -0.15) is 0 Å². The number of nitrogens with one attached hydrogen (secondary N) is 1. The van der Waals surface area contributed by atoms with Crippen molar-refractivity contribution in [2.45, 2.75) is 12.8 Å². The van der Waals surface area contributed by atoms with Gasteiger partial charge in [0.05, 0.1) is 11.9 Å². The lowest BCUT2D eigenvalue weighted by Crippen LogP contribution is -2.27. The summed E-state index contributed by atoms with van der Waals surface area (Å²) in [6.07, 6.45) is 2.72. The molecule has 0 saturated heterocycles. The number of rotatable bonds is 5. The Morgan fingerprint density at radius 2 is 1.83 bits per heavy atom. The smallest absolute Gasteiger partial charge is 0.224 e. The lowest BCUT2D eigenvalue weighted by molar-refractivity contribution is -0.120. The van der Waals surface area contributed by atoms with Crippen LogP contribution in [0.5, 0.6) is 0 Å². The molecule has 116 valence electrons. The summed E-state index contributed by atoms with van der Waals surface area (Å²) >= 11 is 0. The number of amides is 1. The molecule has 1 heterocycles. The summed E-state index contributed by atoms with van der Waals surface area (Å²) in [5.74, 6) is -0.286. The maximum Gasteiger partial charge on any atom is 0.224 e. The van der Waals surface area contributed by atoms with E-state index in [1.807, 2.05) is 30.3 Å². The normalized spacial score (nSPS) is 10.7. The summed E-state index contributed by atoms with van der Waals surface area (Å²) in [6.45, 7) is 0.530. The summed E-state index contributed by atoms with van der Waals surface area (Å²) in [4.78, 5) is 16.5. The van der Waals surface area contributed by atoms with Crippen LogP contribution in [0.25, 0.3) is 10.9 Å². The van der Waals surface area contributed by atoms with Gasteiger partial charge in [0.25, 0.3) is 0 Å². The number of aromatic nitrogens is 1. The van der Waals surface area contributed by atoms with Gasteiger partial charge in [-0.25, -0.2) is 4.39 Å². The van der Waals surface area contributed by atoms with Crippen LogP contribution in [-0.2, 0) is 17.6 Å². The van der Waals surface area contributed by atoms with Crippen molar-refractivity contribution in [3.8, 4) is 0 Å². The number of para-hydroxylation sites is 1. The van der Waals surface area contributed by atoms with Crippen molar-refractivity contribution >= 4 is 16.8 Å². The first-order chi connectivity index (χ1) is 11.2. The van der Waals surface area contributed by atoms with Gasteiger partial charge in [0, 0.05) is 18.1 Å². The summed E-state index contributed by atoms with van der Waals surface area (Å²) in [6, 6.07) is 16.0. The molecule has 1 amide bonds. The Kier molecular flexibility index (Phi) is 4.62. The fourth-order valence-corrected chi connectivity index (χ4v) is 2.54. The van der Waals surface area contributed by atoms with Crippen LogP contribution in [0.3, 0.4) is 0 Å². The van der Waals surface area contributed by atoms with Gasteiger partial charge in [-0.05, 0) is 35.7 Å². The van der Waals surface area contributed by atoms with Gasteiger partial charge in [-0.15, -0.1) is 0 Å². The number of halogens is 1. The van der Waals surface area contributed by atoms with Crippen LogP contribution >= 0.6 is 0 Å². The molecule has 1 N–H and O–H groups in total. The van der Waals surface area contributed by atoms with Gasteiger partial charge < -0.3 is 5.32 Å². The van der Waals surface area contributed by atoms with Crippen molar-refractivity contribution in [2.24, 2.45) is 0 Å². The van der Waals surface area contributed by atoms with Gasteiger partial charge in [0.15, 0.2) is 0 Å². The Hall–Kier alpha value is -2.75. The molecule has 0 bridgehead atoms. The van der Waals surface area contributed by atoms with E-state index >= 15 is 0 Å². The Balaban J connectivity index is 1.57. The number of hydrogen-bond acceptors (Lipinski definition) is 2. The largest absolute Gasteiger partial charge is 0.355 e. The van der Waals surface area contributed by atoms with Crippen LogP contribution in [0.1, 0.15) is 11.1 Å². The molecule has 1 aromatic heterocycles. The lowest BCUT2D eigenvalue weighted by atomic mass is 10.1. The van der Waals surface area contributed by atoms with Crippen LogP contribution in [0.15, 0.2) is 60.8 Å². The predicted molar refractivity (Wildman–Crippen MR) is 88.6 cm³/mol. The second kappa shape index (κ2) is 7.01. The van der Waals surface area contributed by atoms with E-state index in [2.05, 4.69) is 10.3 Å². The third-order valence-electron chi connectivity index (χ3n) is 3.72. The van der Waals surface area contributed by atoms with Crippen molar-refractivity contribution in [2.75, 3.05) is 6.54 Å². The molecule has 0 atom stereocenters. The highest BCUT2D eigenvalue weighted by molar-refractivity contribution is 5.87. The van der Waals surface area contributed by atoms with Crippen LogP contribution in [-0.4, -0.2) is 17.4 Å². The second-order valence-corrected chi connectivity index (χ2v) is 5.40. The minimum Gasteiger partial charge on any atom is -0.355 e. The van der Waals surface area contributed by atoms with E-state index < -0.39 is 0 Å². The van der Waals surface area contributed by atoms with Gasteiger partial charge in [0.1, 0.15) is 5.82 Å². The molecule has 3 rings (SSSR count). The number of benzene rings is 2. The van der Waals surface area contributed by atoms with Crippen molar-refractivity contribution in [1.82, 2.24) is 10.3 Å². The fourth-order valence-electron chi connectivity index (χ4n) is 2.54. The van der Waals surface area contributed by atoms with Crippen molar-refractivity contribution in [3.05, 3.63) is 77.7 Å². The number of carbonyl (C=O) groups is 1. The zero-order chi connectivity index (χ0) is 16.1. The standard InChI is InChI=1S/C19H17FN2O/c20-17-8-6-14(7-9-17)10-12-21-18(23)13-16-4-1-3-15-5-2-11-22-19(15)16/h1-9,11H,10,12-13H2,(H,21,23). The highest BCUT2D eigenvalue weighted by atomic mass is 19.1. The summed E-state index contributed by atoms with van der Waals surface area (Å²) in [5.41, 5.74) is 2.78. The van der Waals surface area contributed by atoms with Crippen LogP contribution in [0.2, 0.25) is 0 Å². The quantitative estimate of drug-likeness (QED) is 0.786. The predicted octanol–water partition coefficient (Wildman–Crippen LogP) is 3.28. The topological polar surface area (TPSA) is 42.0 Å². The number of carbonyl (C=O) groups excluding carboxylic acids is 1. The monoisotopic (exact) mass is 308 g/mol. The third-order valence-corrected chi connectivity index (χ3v) is 3.72. The van der Waals surface area contributed by atoms with E-state index in [9.17, 15) is 9.18 Å². The maximum absolute atomic E-state index is 12.8. The Bertz CT molecular complexity index is 810. The summed E-state index contributed by atoms with van der Waals surface area (Å²) in [5, 5.41) is 3.93. The Labute approximate surface area is 134 Å². The molecule has 3 aromatic rings. The van der Waals surface area contributed by atoms with Gasteiger partial charge >= 0.3 is 0 Å². The first kappa shape index (κ1) is 15.2. The highest BCUT2D eigenvalue weighted by Crippen LogP contribution is 2.16. The Morgan fingerprint density at radius 3 is 2.65 bits per heavy atom. The SMILES string of the molecule is O=C(Cc1cccc2cccnc12)NCCc1ccc(F)cc1. The second-order valence-electron chi connectivity index (χ2n) is 5.40. The number of pyridine rings is 1. The molecule has 0 aliphatic rings. The van der Waals surface area contributed by atoms with E-state index in [1.165, 1.54) is 12.1 Å². The zero-order valence-corrected chi connectivity index (χ0v) is 12.6. The van der Waals surface area contributed by atoms with Crippen molar-refractivity contribution < 1.29 is 9.18 Å². The molecule has 0 unspecified atom stereocenters. The molecule has 0 aliphatic carbocycles. The maximum atomic E-state index is 12.8. The minimum atomic E-state index is -0.249. The van der Waals surface area contributed by atoms with Crippen LogP contribution in [0.4, 0.5) is 4.39 Å². The molecule has 23 heavy (non-hydrogen) atoms. The summed E-state index contributed by atoms with van der Waals surface area (Å²) < 4.78 is 12.8. The minimum absolute atomic E-state index is 0.0368. The van der Waals surface area contributed by atoms with Crippen LogP contribution < -0.4 is 5.32 Å². The molecular formula is C19H17FN2O.